The molecule has 0 saturated carbocycles. The van der Waals surface area contributed by atoms with Crippen LogP contribution in [0.2, 0.25) is 0 Å². The summed E-state index contributed by atoms with van der Waals surface area (Å²) in [7, 11) is 1.84. The van der Waals surface area contributed by atoms with Crippen molar-refractivity contribution in [3.05, 3.63) is 65.7 Å². The van der Waals surface area contributed by atoms with Crippen molar-refractivity contribution >= 4 is 11.8 Å². The van der Waals surface area contributed by atoms with Crippen molar-refractivity contribution in [2.24, 2.45) is 5.92 Å². The first-order chi connectivity index (χ1) is 15.5. The molecule has 2 aromatic carbocycles. The van der Waals surface area contributed by atoms with Gasteiger partial charge < -0.3 is 14.5 Å². The van der Waals surface area contributed by atoms with Gasteiger partial charge in [-0.2, -0.15) is 0 Å². The third-order valence-corrected chi connectivity index (χ3v) is 5.99. The summed E-state index contributed by atoms with van der Waals surface area (Å²) in [5.74, 6) is 1.14. The molecule has 1 aliphatic rings. The van der Waals surface area contributed by atoms with Gasteiger partial charge in [-0.25, -0.2) is 0 Å². The van der Waals surface area contributed by atoms with Crippen molar-refractivity contribution in [1.82, 2.24) is 9.80 Å². The average molecular weight is 437 g/mol. The minimum atomic E-state index is -0.0344. The van der Waals surface area contributed by atoms with Gasteiger partial charge in [0.05, 0.1) is 18.0 Å². The molecule has 1 aliphatic heterocycles. The predicted molar refractivity (Wildman–Crippen MR) is 128 cm³/mol. The molecule has 0 N–H and O–H groups in total. The van der Waals surface area contributed by atoms with Gasteiger partial charge in [0.15, 0.2) is 0 Å². The lowest BCUT2D eigenvalue weighted by Gasteiger charge is -2.33. The topological polar surface area (TPSA) is 49.9 Å². The number of para-hydroxylation sites is 1. The van der Waals surface area contributed by atoms with E-state index >= 15 is 0 Å². The van der Waals surface area contributed by atoms with E-state index in [1.54, 1.807) is 4.90 Å². The quantitative estimate of drug-likeness (QED) is 0.691. The van der Waals surface area contributed by atoms with E-state index in [2.05, 4.69) is 13.8 Å². The number of hydrogen-bond donors (Lipinski definition) is 0. The molecule has 3 rings (SSSR count). The normalized spacial score (nSPS) is 18.2. The Bertz CT molecular complexity index is 881. The molecule has 0 spiro atoms. The summed E-state index contributed by atoms with van der Waals surface area (Å²) >= 11 is 0. The van der Waals surface area contributed by atoms with Crippen LogP contribution in [0.3, 0.4) is 0 Å². The summed E-state index contributed by atoms with van der Waals surface area (Å²) < 4.78 is 6.22. The number of rotatable bonds is 4. The molecular weight excluding hydrogens is 400 g/mol. The monoisotopic (exact) mass is 436 g/mol. The lowest BCUT2D eigenvalue weighted by molar-refractivity contribution is -0.134. The zero-order chi connectivity index (χ0) is 22.9. The Labute approximate surface area is 192 Å². The number of amides is 2. The summed E-state index contributed by atoms with van der Waals surface area (Å²) in [4.78, 5) is 30.2. The maximum absolute atomic E-state index is 13.4. The molecule has 5 heteroatoms. The Morgan fingerprint density at radius 2 is 1.69 bits per heavy atom. The maximum atomic E-state index is 13.4. The summed E-state index contributed by atoms with van der Waals surface area (Å²) in [5.41, 5.74) is 1.61. The molecule has 32 heavy (non-hydrogen) atoms. The van der Waals surface area contributed by atoms with Gasteiger partial charge >= 0.3 is 0 Å². The molecule has 0 aliphatic carbocycles. The van der Waals surface area contributed by atoms with Crippen LogP contribution in [0.5, 0.6) is 5.75 Å². The highest BCUT2D eigenvalue weighted by atomic mass is 16.5. The molecule has 0 unspecified atom stereocenters. The van der Waals surface area contributed by atoms with Crippen molar-refractivity contribution in [2.45, 2.75) is 52.0 Å². The highest BCUT2D eigenvalue weighted by Crippen LogP contribution is 2.23. The second-order valence-electron chi connectivity index (χ2n) is 9.13. The number of carbonyl (C=O) groups excluding carboxylic acids is 2. The third-order valence-electron chi connectivity index (χ3n) is 5.99. The molecule has 0 radical (unpaired) electrons. The number of nitrogens with zero attached hydrogens (tertiary/aromatic N) is 2. The summed E-state index contributed by atoms with van der Waals surface area (Å²) in [6.07, 6.45) is 4.07. The highest BCUT2D eigenvalue weighted by molar-refractivity contribution is 5.96. The van der Waals surface area contributed by atoms with E-state index < -0.39 is 0 Å². The Hall–Kier alpha value is -2.82. The first-order valence-corrected chi connectivity index (χ1v) is 11.8. The van der Waals surface area contributed by atoms with Crippen molar-refractivity contribution in [2.75, 3.05) is 26.7 Å². The molecule has 2 amide bonds. The largest absolute Gasteiger partial charge is 0.491 e. The summed E-state index contributed by atoms with van der Waals surface area (Å²) in [6.45, 7) is 6.14. The first kappa shape index (κ1) is 23.8. The fraction of sp³-hybridized carbons (Fsp3) is 0.481. The van der Waals surface area contributed by atoms with E-state index in [9.17, 15) is 9.59 Å². The molecule has 172 valence electrons. The molecule has 2 aromatic rings. The van der Waals surface area contributed by atoms with Gasteiger partial charge in [-0.15, -0.1) is 0 Å². The highest BCUT2D eigenvalue weighted by Gasteiger charge is 2.26. The van der Waals surface area contributed by atoms with Crippen LogP contribution < -0.4 is 4.74 Å². The standard InChI is InChI=1S/C27H36N2O3/c1-21(2)18-23-20-32-25-15-9-8-14-24(25)27(31)28(3)16-10-5-11-17-29(23)26(30)19-22-12-6-4-7-13-22/h4,6-9,12-15,21,23H,5,10-11,16-20H2,1-3H3/t23-/m0/s1. The Kier molecular flexibility index (Phi) is 8.72. The molecule has 0 bridgehead atoms. The second-order valence-corrected chi connectivity index (χ2v) is 9.13. The van der Waals surface area contributed by atoms with Crippen LogP contribution in [0.1, 0.15) is 55.5 Å². The molecular formula is C27H36N2O3. The Balaban J connectivity index is 1.87. The molecule has 0 fully saturated rings. The lowest BCUT2D eigenvalue weighted by Crippen LogP contribution is -2.45. The van der Waals surface area contributed by atoms with Crippen LogP contribution in [-0.2, 0) is 11.2 Å². The average Bonchev–Trinajstić information content (AvgIpc) is 2.79. The molecule has 0 saturated heterocycles. The zero-order valence-corrected chi connectivity index (χ0v) is 19.6. The van der Waals surface area contributed by atoms with E-state index in [1.807, 2.05) is 66.5 Å². The van der Waals surface area contributed by atoms with Crippen LogP contribution in [0.25, 0.3) is 0 Å². The third kappa shape index (κ3) is 6.59. The maximum Gasteiger partial charge on any atom is 0.257 e. The molecule has 5 nitrogen and oxygen atoms in total. The van der Waals surface area contributed by atoms with Gasteiger partial charge in [0, 0.05) is 20.1 Å². The van der Waals surface area contributed by atoms with E-state index in [0.717, 1.165) is 31.2 Å². The van der Waals surface area contributed by atoms with Gasteiger partial charge in [0.25, 0.3) is 5.91 Å². The van der Waals surface area contributed by atoms with Crippen molar-refractivity contribution < 1.29 is 14.3 Å². The van der Waals surface area contributed by atoms with Gasteiger partial charge in [-0.1, -0.05) is 56.3 Å². The minimum Gasteiger partial charge on any atom is -0.491 e. The number of hydrogen-bond acceptors (Lipinski definition) is 3. The second kappa shape index (κ2) is 11.7. The van der Waals surface area contributed by atoms with E-state index in [1.165, 1.54) is 0 Å². The molecule has 1 atom stereocenters. The Morgan fingerprint density at radius 3 is 2.44 bits per heavy atom. The van der Waals surface area contributed by atoms with Crippen LogP contribution in [-0.4, -0.2) is 54.4 Å². The first-order valence-electron chi connectivity index (χ1n) is 11.8. The van der Waals surface area contributed by atoms with Crippen LogP contribution >= 0.6 is 0 Å². The van der Waals surface area contributed by atoms with E-state index in [0.29, 0.717) is 43.3 Å². The van der Waals surface area contributed by atoms with Crippen molar-refractivity contribution in [1.29, 1.82) is 0 Å². The number of fused-ring (bicyclic) bond motifs is 1. The fourth-order valence-electron chi connectivity index (χ4n) is 4.28. The molecule has 0 aromatic heterocycles. The van der Waals surface area contributed by atoms with Crippen LogP contribution in [0.4, 0.5) is 0 Å². The minimum absolute atomic E-state index is 0.0164. The Morgan fingerprint density at radius 1 is 1.00 bits per heavy atom. The van der Waals surface area contributed by atoms with E-state index in [-0.39, 0.29) is 17.9 Å². The van der Waals surface area contributed by atoms with Gasteiger partial charge in [0.2, 0.25) is 5.91 Å². The van der Waals surface area contributed by atoms with Crippen LogP contribution in [0.15, 0.2) is 54.6 Å². The number of benzene rings is 2. The predicted octanol–water partition coefficient (Wildman–Crippen LogP) is 4.81. The van der Waals surface area contributed by atoms with Crippen molar-refractivity contribution in [3.63, 3.8) is 0 Å². The molecule has 1 heterocycles. The van der Waals surface area contributed by atoms with Gasteiger partial charge in [-0.05, 0) is 49.3 Å². The lowest BCUT2D eigenvalue weighted by atomic mass is 10.0. The number of carbonyl (C=O) groups is 2. The summed E-state index contributed by atoms with van der Waals surface area (Å²) in [5, 5.41) is 0. The number of ether oxygens (including phenoxy) is 1. The zero-order valence-electron chi connectivity index (χ0n) is 19.6. The van der Waals surface area contributed by atoms with Crippen LogP contribution in [0, 0.1) is 5.92 Å². The SMILES string of the molecule is CC(C)C[C@H]1COc2ccccc2C(=O)N(C)CCCCCN1C(=O)Cc1ccccc1. The van der Waals surface area contributed by atoms with E-state index in [4.69, 9.17) is 4.74 Å². The van der Waals surface area contributed by atoms with Crippen molar-refractivity contribution in [3.8, 4) is 5.75 Å². The smallest absolute Gasteiger partial charge is 0.257 e. The summed E-state index contributed by atoms with van der Waals surface area (Å²) in [6, 6.07) is 17.3. The fourth-order valence-corrected chi connectivity index (χ4v) is 4.28. The van der Waals surface area contributed by atoms with Gasteiger partial charge in [0.1, 0.15) is 12.4 Å². The van der Waals surface area contributed by atoms with Gasteiger partial charge in [-0.3, -0.25) is 9.59 Å².